The lowest BCUT2D eigenvalue weighted by Crippen LogP contribution is -2.21. The minimum atomic E-state index is -0.581. The third-order valence-electron chi connectivity index (χ3n) is 4.57. The summed E-state index contributed by atoms with van der Waals surface area (Å²) >= 11 is 3.38. The standard InChI is InChI=1S/C22H17BrN4O3/c1-13-26-19-8-7-15(23)10-17(19)22(29)27(13)25-11-18-16-5-3-2-4-14(16)6-9-20(18)30-12-21(24)28/h2-11H,12H2,1H3,(H2,24,28). The first-order valence-electron chi connectivity index (χ1n) is 9.10. The van der Waals surface area contributed by atoms with Crippen molar-refractivity contribution in [1.82, 2.24) is 9.66 Å². The summed E-state index contributed by atoms with van der Waals surface area (Å²) < 4.78 is 7.59. The molecule has 4 aromatic rings. The second kappa shape index (κ2) is 8.08. The Balaban J connectivity index is 1.87. The van der Waals surface area contributed by atoms with Crippen LogP contribution in [0.15, 0.2) is 69.0 Å². The predicted octanol–water partition coefficient (Wildman–Crippen LogP) is 3.37. The maximum atomic E-state index is 13.0. The molecule has 0 saturated carbocycles. The molecule has 2 N–H and O–H groups in total. The maximum absolute atomic E-state index is 13.0. The number of halogens is 1. The van der Waals surface area contributed by atoms with Gasteiger partial charge in [-0.1, -0.05) is 46.3 Å². The number of fused-ring (bicyclic) bond motifs is 2. The second-order valence-corrected chi connectivity index (χ2v) is 7.55. The number of nitrogens with two attached hydrogens (primary N) is 1. The van der Waals surface area contributed by atoms with Gasteiger partial charge in [-0.2, -0.15) is 9.78 Å². The molecule has 1 heterocycles. The van der Waals surface area contributed by atoms with Gasteiger partial charge in [-0.3, -0.25) is 9.59 Å². The molecule has 0 aliphatic carbocycles. The fraction of sp³-hybridized carbons (Fsp3) is 0.0909. The SMILES string of the molecule is Cc1nc2ccc(Br)cc2c(=O)n1N=Cc1c(OCC(N)=O)ccc2ccccc12. The van der Waals surface area contributed by atoms with Crippen LogP contribution in [0, 0.1) is 6.92 Å². The van der Waals surface area contributed by atoms with Gasteiger partial charge in [-0.15, -0.1) is 0 Å². The average molecular weight is 465 g/mol. The Labute approximate surface area is 179 Å². The van der Waals surface area contributed by atoms with E-state index in [0.29, 0.717) is 28.0 Å². The Hall–Kier alpha value is -3.52. The van der Waals surface area contributed by atoms with E-state index in [-0.39, 0.29) is 12.2 Å². The van der Waals surface area contributed by atoms with Gasteiger partial charge >= 0.3 is 0 Å². The molecule has 0 unspecified atom stereocenters. The van der Waals surface area contributed by atoms with Crippen LogP contribution in [0.5, 0.6) is 5.75 Å². The predicted molar refractivity (Wildman–Crippen MR) is 120 cm³/mol. The molecule has 3 aromatic carbocycles. The molecule has 0 aliphatic rings. The van der Waals surface area contributed by atoms with E-state index in [2.05, 4.69) is 26.0 Å². The summed E-state index contributed by atoms with van der Waals surface area (Å²) in [5.41, 5.74) is 6.17. The van der Waals surface area contributed by atoms with Gasteiger partial charge in [0.15, 0.2) is 6.61 Å². The molecule has 0 spiro atoms. The van der Waals surface area contributed by atoms with Gasteiger partial charge in [-0.25, -0.2) is 4.98 Å². The van der Waals surface area contributed by atoms with Gasteiger partial charge in [0.1, 0.15) is 11.6 Å². The summed E-state index contributed by atoms with van der Waals surface area (Å²) in [5.74, 6) is 0.312. The second-order valence-electron chi connectivity index (χ2n) is 6.64. The van der Waals surface area contributed by atoms with E-state index in [4.69, 9.17) is 10.5 Å². The van der Waals surface area contributed by atoms with Crippen LogP contribution in [0.25, 0.3) is 21.7 Å². The van der Waals surface area contributed by atoms with Gasteiger partial charge in [0.2, 0.25) is 0 Å². The summed E-state index contributed by atoms with van der Waals surface area (Å²) in [4.78, 5) is 28.6. The van der Waals surface area contributed by atoms with E-state index in [0.717, 1.165) is 15.2 Å². The highest BCUT2D eigenvalue weighted by Gasteiger charge is 2.11. The highest BCUT2D eigenvalue weighted by molar-refractivity contribution is 9.10. The fourth-order valence-corrected chi connectivity index (χ4v) is 3.56. The van der Waals surface area contributed by atoms with Crippen molar-refractivity contribution in [1.29, 1.82) is 0 Å². The van der Waals surface area contributed by atoms with Crippen LogP contribution in [0.1, 0.15) is 11.4 Å². The Morgan fingerprint density at radius 1 is 1.20 bits per heavy atom. The number of aromatic nitrogens is 2. The summed E-state index contributed by atoms with van der Waals surface area (Å²) in [6, 6.07) is 16.7. The lowest BCUT2D eigenvalue weighted by molar-refractivity contribution is -0.119. The minimum Gasteiger partial charge on any atom is -0.483 e. The molecule has 30 heavy (non-hydrogen) atoms. The number of rotatable bonds is 5. The Kier molecular flexibility index (Phi) is 5.33. The first-order valence-corrected chi connectivity index (χ1v) is 9.89. The largest absolute Gasteiger partial charge is 0.483 e. The zero-order chi connectivity index (χ0) is 21.3. The molecule has 7 nitrogen and oxygen atoms in total. The molecule has 0 aliphatic heterocycles. The number of amides is 1. The van der Waals surface area contributed by atoms with Crippen molar-refractivity contribution in [3.8, 4) is 5.75 Å². The van der Waals surface area contributed by atoms with Crippen molar-refractivity contribution in [2.24, 2.45) is 10.8 Å². The molecule has 1 amide bonds. The number of primary amides is 1. The van der Waals surface area contributed by atoms with Crippen LogP contribution in [-0.2, 0) is 4.79 Å². The van der Waals surface area contributed by atoms with Crippen LogP contribution in [0.4, 0.5) is 0 Å². The highest BCUT2D eigenvalue weighted by Crippen LogP contribution is 2.27. The molecule has 0 radical (unpaired) electrons. The van der Waals surface area contributed by atoms with Gasteiger partial charge in [-0.05, 0) is 42.0 Å². The van der Waals surface area contributed by atoms with E-state index >= 15 is 0 Å². The van der Waals surface area contributed by atoms with E-state index in [1.807, 2.05) is 36.4 Å². The lowest BCUT2D eigenvalue weighted by Gasteiger charge is -2.11. The van der Waals surface area contributed by atoms with Crippen molar-refractivity contribution < 1.29 is 9.53 Å². The van der Waals surface area contributed by atoms with Crippen molar-refractivity contribution >= 4 is 49.7 Å². The molecular formula is C22H17BrN4O3. The van der Waals surface area contributed by atoms with Gasteiger partial charge < -0.3 is 10.5 Å². The third-order valence-corrected chi connectivity index (χ3v) is 5.07. The minimum absolute atomic E-state index is 0.260. The number of benzene rings is 3. The Morgan fingerprint density at radius 2 is 2.00 bits per heavy atom. The number of ether oxygens (including phenoxy) is 1. The smallest absolute Gasteiger partial charge is 0.282 e. The number of hydrogen-bond acceptors (Lipinski definition) is 5. The number of nitrogens with zero attached hydrogens (tertiary/aromatic N) is 3. The highest BCUT2D eigenvalue weighted by atomic mass is 79.9. The first-order chi connectivity index (χ1) is 14.4. The molecule has 8 heteroatoms. The average Bonchev–Trinajstić information content (AvgIpc) is 2.73. The molecule has 0 fully saturated rings. The summed E-state index contributed by atoms with van der Waals surface area (Å²) in [7, 11) is 0. The third kappa shape index (κ3) is 3.81. The Bertz CT molecular complexity index is 1380. The zero-order valence-corrected chi connectivity index (χ0v) is 17.6. The van der Waals surface area contributed by atoms with Gasteiger partial charge in [0, 0.05) is 10.0 Å². The van der Waals surface area contributed by atoms with Crippen LogP contribution in [0.2, 0.25) is 0 Å². The van der Waals surface area contributed by atoms with Crippen LogP contribution in [0.3, 0.4) is 0 Å². The van der Waals surface area contributed by atoms with Gasteiger partial charge in [0.25, 0.3) is 11.5 Å². The lowest BCUT2D eigenvalue weighted by atomic mass is 10.0. The van der Waals surface area contributed by atoms with E-state index < -0.39 is 5.91 Å². The van der Waals surface area contributed by atoms with Crippen molar-refractivity contribution in [2.75, 3.05) is 6.61 Å². The molecule has 0 bridgehead atoms. The number of hydrogen-bond donors (Lipinski definition) is 1. The number of carbonyl (C=O) groups is 1. The zero-order valence-electron chi connectivity index (χ0n) is 16.0. The molecule has 0 saturated heterocycles. The van der Waals surface area contributed by atoms with Crippen LogP contribution < -0.4 is 16.0 Å². The summed E-state index contributed by atoms with van der Waals surface area (Å²) in [6.45, 7) is 1.46. The van der Waals surface area contributed by atoms with Crippen LogP contribution >= 0.6 is 15.9 Å². The molecule has 1 aromatic heterocycles. The van der Waals surface area contributed by atoms with Crippen molar-refractivity contribution in [3.63, 3.8) is 0 Å². The van der Waals surface area contributed by atoms with Gasteiger partial charge in [0.05, 0.1) is 17.1 Å². The topological polar surface area (TPSA) is 99.6 Å². The summed E-state index contributed by atoms with van der Waals surface area (Å²) in [6.07, 6.45) is 1.54. The van der Waals surface area contributed by atoms with Crippen molar-refractivity contribution in [2.45, 2.75) is 6.92 Å². The quantitative estimate of drug-likeness (QED) is 0.457. The monoisotopic (exact) mass is 464 g/mol. The van der Waals surface area contributed by atoms with E-state index in [9.17, 15) is 9.59 Å². The number of aryl methyl sites for hydroxylation is 1. The van der Waals surface area contributed by atoms with Crippen molar-refractivity contribution in [3.05, 3.63) is 80.8 Å². The molecular weight excluding hydrogens is 448 g/mol. The normalized spacial score (nSPS) is 11.4. The molecule has 4 rings (SSSR count). The van der Waals surface area contributed by atoms with Crippen LogP contribution in [-0.4, -0.2) is 28.4 Å². The Morgan fingerprint density at radius 3 is 2.80 bits per heavy atom. The van der Waals surface area contributed by atoms with E-state index in [1.54, 1.807) is 31.3 Å². The van der Waals surface area contributed by atoms with E-state index in [1.165, 1.54) is 4.68 Å². The molecule has 150 valence electrons. The number of carbonyl (C=O) groups excluding carboxylic acids is 1. The fourth-order valence-electron chi connectivity index (χ4n) is 3.19. The molecule has 0 atom stereocenters. The maximum Gasteiger partial charge on any atom is 0.282 e. The summed E-state index contributed by atoms with van der Waals surface area (Å²) in [5, 5.41) is 6.69. The first kappa shape index (κ1) is 19.8.